The summed E-state index contributed by atoms with van der Waals surface area (Å²) in [5.74, 6) is 0.192. The van der Waals surface area contributed by atoms with Crippen molar-refractivity contribution in [2.75, 3.05) is 19.6 Å². The van der Waals surface area contributed by atoms with Crippen LogP contribution >= 0.6 is 12.2 Å². The van der Waals surface area contributed by atoms with E-state index in [0.717, 1.165) is 25.9 Å². The highest BCUT2D eigenvalue weighted by molar-refractivity contribution is 7.80. The molecule has 0 aromatic rings. The SMILES string of the molecule is CC1CN2CCCCC2CN1C(=O)C1(C(N)=S)CC1. The predicted octanol–water partition coefficient (Wildman–Crippen LogP) is 1.14. The highest BCUT2D eigenvalue weighted by Crippen LogP contribution is 2.48. The zero-order valence-electron chi connectivity index (χ0n) is 11.6. The van der Waals surface area contributed by atoms with Crippen LogP contribution in [0.1, 0.15) is 39.0 Å². The number of hydrogen-bond acceptors (Lipinski definition) is 3. The Morgan fingerprint density at radius 1 is 1.32 bits per heavy atom. The molecule has 5 heteroatoms. The Kier molecular flexibility index (Phi) is 3.29. The van der Waals surface area contributed by atoms with E-state index >= 15 is 0 Å². The van der Waals surface area contributed by atoms with Crippen molar-refractivity contribution in [3.63, 3.8) is 0 Å². The molecule has 0 spiro atoms. The van der Waals surface area contributed by atoms with Gasteiger partial charge in [-0.3, -0.25) is 9.69 Å². The molecule has 0 aromatic heterocycles. The van der Waals surface area contributed by atoms with Crippen molar-refractivity contribution in [3.05, 3.63) is 0 Å². The molecule has 2 atom stereocenters. The first kappa shape index (κ1) is 13.3. The summed E-state index contributed by atoms with van der Waals surface area (Å²) >= 11 is 5.11. The van der Waals surface area contributed by atoms with Crippen LogP contribution in [0.3, 0.4) is 0 Å². The number of fused-ring (bicyclic) bond motifs is 1. The molecular formula is C14H23N3OS. The van der Waals surface area contributed by atoms with E-state index in [1.807, 2.05) is 0 Å². The molecule has 2 saturated heterocycles. The number of nitrogens with zero attached hydrogens (tertiary/aromatic N) is 2. The number of rotatable bonds is 2. The van der Waals surface area contributed by atoms with E-state index in [1.165, 1.54) is 25.8 Å². The van der Waals surface area contributed by atoms with Crippen molar-refractivity contribution >= 4 is 23.1 Å². The van der Waals surface area contributed by atoms with Crippen LogP contribution in [0.5, 0.6) is 0 Å². The summed E-state index contributed by atoms with van der Waals surface area (Å²) in [6, 6.07) is 0.838. The minimum Gasteiger partial charge on any atom is -0.392 e. The van der Waals surface area contributed by atoms with Crippen molar-refractivity contribution < 1.29 is 4.79 Å². The zero-order valence-corrected chi connectivity index (χ0v) is 12.4. The van der Waals surface area contributed by atoms with Crippen molar-refractivity contribution in [1.82, 2.24) is 9.80 Å². The molecule has 2 heterocycles. The van der Waals surface area contributed by atoms with E-state index in [0.29, 0.717) is 11.0 Å². The van der Waals surface area contributed by atoms with Crippen LogP contribution < -0.4 is 5.73 Å². The van der Waals surface area contributed by atoms with Gasteiger partial charge in [-0.2, -0.15) is 0 Å². The molecule has 2 N–H and O–H groups in total. The van der Waals surface area contributed by atoms with E-state index in [9.17, 15) is 4.79 Å². The molecule has 19 heavy (non-hydrogen) atoms. The van der Waals surface area contributed by atoms with E-state index in [1.54, 1.807) is 0 Å². The fraction of sp³-hybridized carbons (Fsp3) is 0.857. The maximum atomic E-state index is 12.7. The van der Waals surface area contributed by atoms with Crippen LogP contribution in [-0.2, 0) is 4.79 Å². The Morgan fingerprint density at radius 3 is 2.68 bits per heavy atom. The summed E-state index contributed by atoms with van der Waals surface area (Å²) in [6.07, 6.45) is 5.50. The Labute approximate surface area is 120 Å². The second-order valence-corrected chi connectivity index (χ2v) is 6.84. The molecule has 2 aliphatic heterocycles. The van der Waals surface area contributed by atoms with Gasteiger partial charge in [-0.1, -0.05) is 18.6 Å². The fourth-order valence-corrected chi connectivity index (χ4v) is 3.89. The van der Waals surface area contributed by atoms with Gasteiger partial charge in [0.2, 0.25) is 5.91 Å². The summed E-state index contributed by atoms with van der Waals surface area (Å²) in [5.41, 5.74) is 5.31. The lowest BCUT2D eigenvalue weighted by Gasteiger charge is -2.48. The van der Waals surface area contributed by atoms with Crippen LogP contribution in [0.25, 0.3) is 0 Å². The van der Waals surface area contributed by atoms with E-state index in [2.05, 4.69) is 16.7 Å². The van der Waals surface area contributed by atoms with Gasteiger partial charge in [-0.05, 0) is 39.2 Å². The lowest BCUT2D eigenvalue weighted by atomic mass is 9.95. The Bertz CT molecular complexity index is 407. The summed E-state index contributed by atoms with van der Waals surface area (Å²) in [6.45, 7) is 5.21. The van der Waals surface area contributed by atoms with Crippen LogP contribution in [0.4, 0.5) is 0 Å². The number of carbonyl (C=O) groups is 1. The molecule has 1 saturated carbocycles. The first-order chi connectivity index (χ1) is 9.04. The molecule has 4 nitrogen and oxygen atoms in total. The van der Waals surface area contributed by atoms with Crippen molar-refractivity contribution in [1.29, 1.82) is 0 Å². The molecule has 2 unspecified atom stereocenters. The van der Waals surface area contributed by atoms with E-state index in [4.69, 9.17) is 18.0 Å². The average Bonchev–Trinajstić information content (AvgIpc) is 3.18. The number of hydrogen-bond donors (Lipinski definition) is 1. The van der Waals surface area contributed by atoms with Gasteiger partial charge in [0.25, 0.3) is 0 Å². The highest BCUT2D eigenvalue weighted by atomic mass is 32.1. The Hall–Kier alpha value is -0.680. The lowest BCUT2D eigenvalue weighted by Crippen LogP contribution is -2.61. The number of amides is 1. The number of nitrogens with two attached hydrogens (primary N) is 1. The van der Waals surface area contributed by atoms with Crippen molar-refractivity contribution in [2.45, 2.75) is 51.1 Å². The molecule has 3 fully saturated rings. The minimum atomic E-state index is -0.486. The molecule has 3 rings (SSSR count). The third kappa shape index (κ3) is 2.17. The maximum absolute atomic E-state index is 12.7. The summed E-state index contributed by atoms with van der Waals surface area (Å²) in [7, 11) is 0. The maximum Gasteiger partial charge on any atom is 0.235 e. The van der Waals surface area contributed by atoms with Crippen molar-refractivity contribution in [3.8, 4) is 0 Å². The topological polar surface area (TPSA) is 49.6 Å². The first-order valence-electron chi connectivity index (χ1n) is 7.39. The number of piperazine rings is 1. The third-order valence-corrected chi connectivity index (χ3v) is 5.47. The van der Waals surface area contributed by atoms with E-state index < -0.39 is 5.41 Å². The van der Waals surface area contributed by atoms with Gasteiger partial charge in [0.05, 0.1) is 10.4 Å². The Balaban J connectivity index is 1.74. The van der Waals surface area contributed by atoms with Gasteiger partial charge in [-0.15, -0.1) is 0 Å². The summed E-state index contributed by atoms with van der Waals surface area (Å²) < 4.78 is 0. The van der Waals surface area contributed by atoms with Gasteiger partial charge in [0.1, 0.15) is 0 Å². The average molecular weight is 281 g/mol. The van der Waals surface area contributed by atoms with Gasteiger partial charge in [0, 0.05) is 25.2 Å². The molecular weight excluding hydrogens is 258 g/mol. The molecule has 0 bridgehead atoms. The van der Waals surface area contributed by atoms with Gasteiger partial charge >= 0.3 is 0 Å². The van der Waals surface area contributed by atoms with Crippen LogP contribution in [0.15, 0.2) is 0 Å². The van der Waals surface area contributed by atoms with Gasteiger partial charge in [0.15, 0.2) is 0 Å². The predicted molar refractivity (Wildman–Crippen MR) is 78.8 cm³/mol. The highest BCUT2D eigenvalue weighted by Gasteiger charge is 2.55. The minimum absolute atomic E-state index is 0.192. The summed E-state index contributed by atoms with van der Waals surface area (Å²) in [4.78, 5) is 17.8. The normalized spacial score (nSPS) is 33.6. The van der Waals surface area contributed by atoms with Crippen LogP contribution in [0, 0.1) is 5.41 Å². The molecule has 106 valence electrons. The number of thiocarbonyl (C=S) groups is 1. The molecule has 1 amide bonds. The Morgan fingerprint density at radius 2 is 2.05 bits per heavy atom. The molecule has 1 aliphatic carbocycles. The molecule has 0 aromatic carbocycles. The van der Waals surface area contributed by atoms with Crippen molar-refractivity contribution in [2.24, 2.45) is 11.1 Å². The summed E-state index contributed by atoms with van der Waals surface area (Å²) in [5, 5.41) is 0. The van der Waals surface area contributed by atoms with E-state index in [-0.39, 0.29) is 11.9 Å². The zero-order chi connectivity index (χ0) is 13.6. The number of carbonyl (C=O) groups excluding carboxylic acids is 1. The van der Waals surface area contributed by atoms with Gasteiger partial charge < -0.3 is 10.6 Å². The molecule has 0 radical (unpaired) electrons. The standard InChI is InChI=1S/C14H23N3OS/c1-10-8-16-7-3-2-4-11(16)9-17(10)13(18)14(5-6-14)12(15)19/h10-11H,2-9H2,1H3,(H2,15,19). The second kappa shape index (κ2) is 4.70. The lowest BCUT2D eigenvalue weighted by molar-refractivity contribution is -0.141. The quantitative estimate of drug-likeness (QED) is 0.771. The van der Waals surface area contributed by atoms with Crippen LogP contribution in [-0.4, -0.2) is 52.4 Å². The fourth-order valence-electron chi connectivity index (χ4n) is 3.60. The van der Waals surface area contributed by atoms with Gasteiger partial charge in [-0.25, -0.2) is 0 Å². The first-order valence-corrected chi connectivity index (χ1v) is 7.80. The largest absolute Gasteiger partial charge is 0.392 e. The number of piperidine rings is 1. The molecule has 3 aliphatic rings. The second-order valence-electron chi connectivity index (χ2n) is 6.40. The van der Waals surface area contributed by atoms with Crippen LogP contribution in [0.2, 0.25) is 0 Å². The third-order valence-electron chi connectivity index (χ3n) is 5.08. The monoisotopic (exact) mass is 281 g/mol. The smallest absolute Gasteiger partial charge is 0.235 e.